The van der Waals surface area contributed by atoms with Gasteiger partial charge in [-0.2, -0.15) is 0 Å². The maximum Gasteiger partial charge on any atom is 0.304 e. The molecule has 21 heavy (non-hydrogen) atoms. The van der Waals surface area contributed by atoms with Gasteiger partial charge in [0.05, 0.1) is 13.0 Å². The van der Waals surface area contributed by atoms with E-state index in [1.807, 2.05) is 30.3 Å². The van der Waals surface area contributed by atoms with E-state index in [1.165, 1.54) is 0 Å². The molecule has 0 unspecified atom stereocenters. The second-order valence-electron chi connectivity index (χ2n) is 5.71. The van der Waals surface area contributed by atoms with E-state index < -0.39 is 5.97 Å². The topological polar surface area (TPSA) is 49.8 Å². The van der Waals surface area contributed by atoms with Gasteiger partial charge in [-0.3, -0.25) is 4.79 Å². The number of benzene rings is 1. The number of rotatable bonds is 11. The number of carbonyl (C=O) groups is 1. The van der Waals surface area contributed by atoms with Crippen molar-refractivity contribution in [3.8, 4) is 5.75 Å². The van der Waals surface area contributed by atoms with Crippen LogP contribution in [0.3, 0.4) is 0 Å². The number of carboxylic acids is 1. The van der Waals surface area contributed by atoms with Gasteiger partial charge < -0.3 is 14.7 Å². The monoisotopic (exact) mass is 293 g/mol. The first-order valence-electron chi connectivity index (χ1n) is 7.70. The Balaban J connectivity index is 2.18. The number of ether oxygens (including phenoxy) is 1. The fourth-order valence-electron chi connectivity index (χ4n) is 2.21. The third kappa shape index (κ3) is 9.08. The van der Waals surface area contributed by atoms with Gasteiger partial charge in [0, 0.05) is 13.1 Å². The first kappa shape index (κ1) is 17.5. The predicted molar refractivity (Wildman–Crippen MR) is 84.7 cm³/mol. The Bertz CT molecular complexity index is 392. The summed E-state index contributed by atoms with van der Waals surface area (Å²) >= 11 is 0. The average Bonchev–Trinajstić information content (AvgIpc) is 2.44. The van der Waals surface area contributed by atoms with Crippen LogP contribution in [0, 0.1) is 5.92 Å². The van der Waals surface area contributed by atoms with Crippen molar-refractivity contribution in [1.82, 2.24) is 4.90 Å². The van der Waals surface area contributed by atoms with Crippen LogP contribution < -0.4 is 4.74 Å². The van der Waals surface area contributed by atoms with Crippen molar-refractivity contribution < 1.29 is 14.6 Å². The van der Waals surface area contributed by atoms with Crippen molar-refractivity contribution in [3.05, 3.63) is 30.3 Å². The van der Waals surface area contributed by atoms with E-state index in [0.29, 0.717) is 19.1 Å². The molecule has 0 heterocycles. The van der Waals surface area contributed by atoms with Crippen molar-refractivity contribution in [2.45, 2.75) is 33.1 Å². The van der Waals surface area contributed by atoms with Crippen LogP contribution in [0.1, 0.15) is 33.1 Å². The van der Waals surface area contributed by atoms with Gasteiger partial charge in [-0.05, 0) is 37.4 Å². The highest BCUT2D eigenvalue weighted by atomic mass is 16.5. The summed E-state index contributed by atoms with van der Waals surface area (Å²) in [6, 6.07) is 9.81. The molecule has 118 valence electrons. The molecule has 0 atom stereocenters. The molecule has 0 spiro atoms. The molecule has 1 rings (SSSR count). The minimum atomic E-state index is -0.726. The summed E-state index contributed by atoms with van der Waals surface area (Å²) in [7, 11) is 0. The Morgan fingerprint density at radius 3 is 2.52 bits per heavy atom. The summed E-state index contributed by atoms with van der Waals surface area (Å²) in [6.45, 7) is 7.54. The Kier molecular flexibility index (Phi) is 8.51. The smallest absolute Gasteiger partial charge is 0.304 e. The van der Waals surface area contributed by atoms with Gasteiger partial charge in [0.2, 0.25) is 0 Å². The highest BCUT2D eigenvalue weighted by Crippen LogP contribution is 2.09. The van der Waals surface area contributed by atoms with E-state index in [4.69, 9.17) is 9.84 Å². The molecule has 0 saturated carbocycles. The van der Waals surface area contributed by atoms with Crippen LogP contribution in [0.5, 0.6) is 5.75 Å². The first-order chi connectivity index (χ1) is 10.1. The standard InChI is InChI=1S/C17H27NO3/c1-15(2)14-18(12-10-17(19)20)11-6-7-13-21-16-8-4-3-5-9-16/h3-5,8-9,15H,6-7,10-14H2,1-2H3,(H,19,20). The fraction of sp³-hybridized carbons (Fsp3) is 0.588. The highest BCUT2D eigenvalue weighted by Gasteiger charge is 2.09. The lowest BCUT2D eigenvalue weighted by Gasteiger charge is -2.23. The predicted octanol–water partition coefficient (Wildman–Crippen LogP) is 3.28. The van der Waals surface area contributed by atoms with Gasteiger partial charge in [-0.1, -0.05) is 32.0 Å². The first-order valence-corrected chi connectivity index (χ1v) is 7.70. The molecule has 0 aromatic heterocycles. The van der Waals surface area contributed by atoms with Crippen molar-refractivity contribution in [2.24, 2.45) is 5.92 Å². The van der Waals surface area contributed by atoms with E-state index in [9.17, 15) is 4.79 Å². The van der Waals surface area contributed by atoms with Gasteiger partial charge in [-0.15, -0.1) is 0 Å². The number of unbranched alkanes of at least 4 members (excludes halogenated alkanes) is 1. The summed E-state index contributed by atoms with van der Waals surface area (Å²) in [4.78, 5) is 12.9. The minimum absolute atomic E-state index is 0.216. The molecule has 1 aromatic carbocycles. The molecule has 0 aliphatic carbocycles. The van der Waals surface area contributed by atoms with Crippen molar-refractivity contribution >= 4 is 5.97 Å². The van der Waals surface area contributed by atoms with E-state index in [0.717, 1.165) is 31.7 Å². The molecule has 0 aliphatic rings. The van der Waals surface area contributed by atoms with E-state index in [2.05, 4.69) is 18.7 Å². The summed E-state index contributed by atoms with van der Waals surface area (Å²) in [6.07, 6.45) is 2.23. The zero-order valence-corrected chi connectivity index (χ0v) is 13.1. The maximum atomic E-state index is 10.7. The normalized spacial score (nSPS) is 11.0. The van der Waals surface area contributed by atoms with Crippen LogP contribution in [0.2, 0.25) is 0 Å². The Labute approximate surface area is 127 Å². The zero-order chi connectivity index (χ0) is 15.5. The van der Waals surface area contributed by atoms with Crippen LogP contribution in [0.4, 0.5) is 0 Å². The molecule has 0 aliphatic heterocycles. The molecule has 0 fully saturated rings. The zero-order valence-electron chi connectivity index (χ0n) is 13.1. The lowest BCUT2D eigenvalue weighted by molar-refractivity contribution is -0.137. The van der Waals surface area contributed by atoms with E-state index >= 15 is 0 Å². The van der Waals surface area contributed by atoms with E-state index in [1.54, 1.807) is 0 Å². The molecular formula is C17H27NO3. The lowest BCUT2D eigenvalue weighted by atomic mass is 10.2. The third-order valence-electron chi connectivity index (χ3n) is 3.15. The van der Waals surface area contributed by atoms with Gasteiger partial charge in [-0.25, -0.2) is 0 Å². The Morgan fingerprint density at radius 2 is 1.90 bits per heavy atom. The Morgan fingerprint density at radius 1 is 1.19 bits per heavy atom. The van der Waals surface area contributed by atoms with Crippen LogP contribution in [0.25, 0.3) is 0 Å². The summed E-state index contributed by atoms with van der Waals surface area (Å²) < 4.78 is 5.65. The summed E-state index contributed by atoms with van der Waals surface area (Å²) in [5, 5.41) is 8.79. The second kappa shape index (κ2) is 10.2. The minimum Gasteiger partial charge on any atom is -0.494 e. The number of carboxylic acid groups (broad SMARTS) is 1. The summed E-state index contributed by atoms with van der Waals surface area (Å²) in [5.41, 5.74) is 0. The average molecular weight is 293 g/mol. The van der Waals surface area contributed by atoms with E-state index in [-0.39, 0.29) is 6.42 Å². The molecular weight excluding hydrogens is 266 g/mol. The lowest BCUT2D eigenvalue weighted by Crippen LogP contribution is -2.31. The summed E-state index contributed by atoms with van der Waals surface area (Å²) in [5.74, 6) is 0.734. The number of hydrogen-bond acceptors (Lipinski definition) is 3. The molecule has 0 radical (unpaired) electrons. The number of aliphatic carboxylic acids is 1. The van der Waals surface area contributed by atoms with Gasteiger partial charge in [0.15, 0.2) is 0 Å². The third-order valence-corrected chi connectivity index (χ3v) is 3.15. The number of nitrogens with zero attached hydrogens (tertiary/aromatic N) is 1. The molecule has 0 amide bonds. The van der Waals surface area contributed by atoms with Crippen LogP contribution in [-0.4, -0.2) is 42.2 Å². The quantitative estimate of drug-likeness (QED) is 0.636. The highest BCUT2D eigenvalue weighted by molar-refractivity contribution is 5.66. The van der Waals surface area contributed by atoms with Crippen LogP contribution in [0.15, 0.2) is 30.3 Å². The van der Waals surface area contributed by atoms with Gasteiger partial charge in [0.25, 0.3) is 0 Å². The van der Waals surface area contributed by atoms with Crippen LogP contribution in [-0.2, 0) is 4.79 Å². The van der Waals surface area contributed by atoms with Gasteiger partial charge >= 0.3 is 5.97 Å². The molecule has 4 nitrogen and oxygen atoms in total. The Hall–Kier alpha value is -1.55. The molecule has 0 saturated heterocycles. The number of hydrogen-bond donors (Lipinski definition) is 1. The molecule has 1 N–H and O–H groups in total. The SMILES string of the molecule is CC(C)CN(CCCCOc1ccccc1)CCC(=O)O. The molecule has 0 bridgehead atoms. The molecule has 1 aromatic rings. The second-order valence-corrected chi connectivity index (χ2v) is 5.71. The maximum absolute atomic E-state index is 10.7. The van der Waals surface area contributed by atoms with Crippen molar-refractivity contribution in [3.63, 3.8) is 0 Å². The van der Waals surface area contributed by atoms with Gasteiger partial charge in [0.1, 0.15) is 5.75 Å². The number of para-hydroxylation sites is 1. The molecule has 4 heteroatoms. The largest absolute Gasteiger partial charge is 0.494 e. The fourth-order valence-corrected chi connectivity index (χ4v) is 2.21. The van der Waals surface area contributed by atoms with Crippen molar-refractivity contribution in [1.29, 1.82) is 0 Å². The van der Waals surface area contributed by atoms with Crippen LogP contribution >= 0.6 is 0 Å². The van der Waals surface area contributed by atoms with Crippen molar-refractivity contribution in [2.75, 3.05) is 26.2 Å².